The monoisotopic (exact) mass is 335 g/mol. The van der Waals surface area contributed by atoms with Crippen molar-refractivity contribution in [3.05, 3.63) is 33.9 Å². The molecular weight excluding hydrogens is 310 g/mol. The van der Waals surface area contributed by atoms with Crippen LogP contribution in [0, 0.1) is 10.1 Å². The number of nitrogens with one attached hydrogen (secondary N) is 1. The average molecular weight is 335 g/mol. The molecule has 24 heavy (non-hydrogen) atoms. The van der Waals surface area contributed by atoms with Gasteiger partial charge in [-0.3, -0.25) is 14.9 Å². The molecule has 1 aromatic rings. The zero-order valence-electron chi connectivity index (χ0n) is 14.3. The van der Waals surface area contributed by atoms with Gasteiger partial charge in [0.25, 0.3) is 11.6 Å². The summed E-state index contributed by atoms with van der Waals surface area (Å²) in [5, 5.41) is 13.7. The highest BCUT2D eigenvalue weighted by Crippen LogP contribution is 2.23. The van der Waals surface area contributed by atoms with E-state index in [1.54, 1.807) is 0 Å². The summed E-state index contributed by atoms with van der Waals surface area (Å²) in [6.07, 6.45) is 4.62. The van der Waals surface area contributed by atoms with Crippen molar-refractivity contribution in [1.82, 2.24) is 10.2 Å². The van der Waals surface area contributed by atoms with E-state index in [9.17, 15) is 14.9 Å². The van der Waals surface area contributed by atoms with Gasteiger partial charge in [-0.25, -0.2) is 0 Å². The smallest absolute Gasteiger partial charge is 0.270 e. The van der Waals surface area contributed by atoms with Crippen LogP contribution in [-0.4, -0.2) is 48.5 Å². The maximum Gasteiger partial charge on any atom is 0.270 e. The Labute approximate surface area is 142 Å². The van der Waals surface area contributed by atoms with Crippen molar-refractivity contribution in [2.75, 3.05) is 26.7 Å². The van der Waals surface area contributed by atoms with E-state index in [0.717, 1.165) is 19.5 Å². The number of ether oxygens (including phenoxy) is 1. The first kappa shape index (κ1) is 18.2. The molecule has 1 heterocycles. The van der Waals surface area contributed by atoms with Crippen LogP contribution in [0.3, 0.4) is 0 Å². The summed E-state index contributed by atoms with van der Waals surface area (Å²) in [7, 11) is 1.44. The van der Waals surface area contributed by atoms with Gasteiger partial charge in [0.15, 0.2) is 0 Å². The fraction of sp³-hybridized carbons (Fsp3) is 0.588. The SMILES string of the molecule is COc1ccc([N+](=O)[O-])cc1C(=O)NCCCN1CCCC[C@H]1C. The Morgan fingerprint density at radius 3 is 2.92 bits per heavy atom. The molecule has 7 nitrogen and oxygen atoms in total. The van der Waals surface area contributed by atoms with Crippen molar-refractivity contribution >= 4 is 11.6 Å². The standard InChI is InChI=1S/C17H25N3O4/c1-13-6-3-4-10-19(13)11-5-9-18-17(21)15-12-14(20(22)23)7-8-16(15)24-2/h7-8,12-13H,3-6,9-11H2,1-2H3,(H,18,21)/t13-/m1/s1. The predicted molar refractivity (Wildman–Crippen MR) is 91.5 cm³/mol. The minimum atomic E-state index is -0.520. The quantitative estimate of drug-likeness (QED) is 0.470. The number of nitro groups is 1. The molecule has 1 aliphatic rings. The molecule has 0 unspecified atom stereocenters. The zero-order chi connectivity index (χ0) is 17.5. The van der Waals surface area contributed by atoms with E-state index >= 15 is 0 Å². The minimum absolute atomic E-state index is 0.122. The van der Waals surface area contributed by atoms with Gasteiger partial charge in [0, 0.05) is 31.3 Å². The molecule has 0 radical (unpaired) electrons. The Kier molecular flexibility index (Phi) is 6.54. The average Bonchev–Trinajstić information content (AvgIpc) is 2.59. The van der Waals surface area contributed by atoms with E-state index in [1.807, 2.05) is 0 Å². The predicted octanol–water partition coefficient (Wildman–Crippen LogP) is 2.60. The van der Waals surface area contributed by atoms with E-state index in [0.29, 0.717) is 18.3 Å². The van der Waals surface area contributed by atoms with Crippen LogP contribution in [0.4, 0.5) is 5.69 Å². The van der Waals surface area contributed by atoms with E-state index < -0.39 is 4.92 Å². The molecular formula is C17H25N3O4. The van der Waals surface area contributed by atoms with Gasteiger partial charge in [0.2, 0.25) is 0 Å². The van der Waals surface area contributed by atoms with Gasteiger partial charge < -0.3 is 15.0 Å². The van der Waals surface area contributed by atoms with Crippen LogP contribution in [-0.2, 0) is 0 Å². The van der Waals surface area contributed by atoms with Crippen LogP contribution < -0.4 is 10.1 Å². The number of hydrogen-bond donors (Lipinski definition) is 1. The van der Waals surface area contributed by atoms with Crippen molar-refractivity contribution in [2.45, 2.75) is 38.6 Å². The van der Waals surface area contributed by atoms with E-state index in [-0.39, 0.29) is 17.2 Å². The summed E-state index contributed by atoms with van der Waals surface area (Å²) in [5.41, 5.74) is 0.0705. The van der Waals surface area contributed by atoms with Crippen LogP contribution in [0.25, 0.3) is 0 Å². The number of carbonyl (C=O) groups is 1. The summed E-state index contributed by atoms with van der Waals surface area (Å²) in [4.78, 5) is 25.1. The molecule has 0 aromatic heterocycles. The third-order valence-corrected chi connectivity index (χ3v) is 4.49. The molecule has 1 aliphatic heterocycles. The topological polar surface area (TPSA) is 84.7 Å². The number of hydrogen-bond acceptors (Lipinski definition) is 5. The third-order valence-electron chi connectivity index (χ3n) is 4.49. The number of likely N-dealkylation sites (tertiary alicyclic amines) is 1. The number of amides is 1. The van der Waals surface area contributed by atoms with Gasteiger partial charge in [-0.05, 0) is 38.8 Å². The van der Waals surface area contributed by atoms with Crippen molar-refractivity contribution in [2.24, 2.45) is 0 Å². The van der Waals surface area contributed by atoms with E-state index in [4.69, 9.17) is 4.74 Å². The summed E-state index contributed by atoms with van der Waals surface area (Å²) < 4.78 is 5.13. The largest absolute Gasteiger partial charge is 0.496 e. The van der Waals surface area contributed by atoms with Crippen LogP contribution in [0.15, 0.2) is 18.2 Å². The van der Waals surface area contributed by atoms with Gasteiger partial charge in [-0.15, -0.1) is 0 Å². The molecule has 132 valence electrons. The van der Waals surface area contributed by atoms with Gasteiger partial charge >= 0.3 is 0 Å². The van der Waals surface area contributed by atoms with Crippen LogP contribution in [0.1, 0.15) is 43.0 Å². The lowest BCUT2D eigenvalue weighted by Crippen LogP contribution is -2.39. The first-order chi connectivity index (χ1) is 11.5. The number of carbonyl (C=O) groups excluding carboxylic acids is 1. The lowest BCUT2D eigenvalue weighted by Gasteiger charge is -2.33. The van der Waals surface area contributed by atoms with Crippen molar-refractivity contribution < 1.29 is 14.5 Å². The van der Waals surface area contributed by atoms with Crippen LogP contribution in [0.2, 0.25) is 0 Å². The summed E-state index contributed by atoms with van der Waals surface area (Å²) in [5.74, 6) is -0.00926. The highest BCUT2D eigenvalue weighted by Gasteiger charge is 2.19. The number of nitro benzene ring substituents is 1. The summed E-state index contributed by atoms with van der Waals surface area (Å²) in [6.45, 7) is 4.85. The highest BCUT2D eigenvalue weighted by atomic mass is 16.6. The lowest BCUT2D eigenvalue weighted by molar-refractivity contribution is -0.384. The second-order valence-electron chi connectivity index (χ2n) is 6.13. The number of methoxy groups -OCH3 is 1. The van der Waals surface area contributed by atoms with Crippen molar-refractivity contribution in [3.8, 4) is 5.75 Å². The Morgan fingerprint density at radius 1 is 1.46 bits per heavy atom. The van der Waals surface area contributed by atoms with Gasteiger partial charge in [0.1, 0.15) is 5.75 Å². The van der Waals surface area contributed by atoms with Gasteiger partial charge in [-0.1, -0.05) is 6.42 Å². The van der Waals surface area contributed by atoms with Gasteiger partial charge in [0.05, 0.1) is 17.6 Å². The highest BCUT2D eigenvalue weighted by molar-refractivity contribution is 5.97. The second-order valence-corrected chi connectivity index (χ2v) is 6.13. The van der Waals surface area contributed by atoms with Crippen LogP contribution in [0.5, 0.6) is 5.75 Å². The Morgan fingerprint density at radius 2 is 2.25 bits per heavy atom. The third kappa shape index (κ3) is 4.67. The number of benzene rings is 1. The Hall–Kier alpha value is -2.15. The van der Waals surface area contributed by atoms with Gasteiger partial charge in [-0.2, -0.15) is 0 Å². The Balaban J connectivity index is 1.87. The molecule has 0 aliphatic carbocycles. The fourth-order valence-electron chi connectivity index (χ4n) is 3.06. The summed E-state index contributed by atoms with van der Waals surface area (Å²) in [6, 6.07) is 4.63. The minimum Gasteiger partial charge on any atom is -0.496 e. The Bertz CT molecular complexity index is 591. The van der Waals surface area contributed by atoms with Crippen molar-refractivity contribution in [1.29, 1.82) is 0 Å². The fourth-order valence-corrected chi connectivity index (χ4v) is 3.06. The lowest BCUT2D eigenvalue weighted by atomic mass is 10.0. The second kappa shape index (κ2) is 8.63. The number of rotatable bonds is 7. The summed E-state index contributed by atoms with van der Waals surface area (Å²) >= 11 is 0. The van der Waals surface area contributed by atoms with Crippen molar-refractivity contribution in [3.63, 3.8) is 0 Å². The molecule has 1 N–H and O–H groups in total. The van der Waals surface area contributed by atoms with E-state index in [1.165, 1.54) is 44.6 Å². The molecule has 7 heteroatoms. The first-order valence-electron chi connectivity index (χ1n) is 8.37. The number of nitrogens with zero attached hydrogens (tertiary/aromatic N) is 2. The zero-order valence-corrected chi connectivity index (χ0v) is 14.3. The maximum absolute atomic E-state index is 12.3. The maximum atomic E-state index is 12.3. The molecule has 1 aromatic carbocycles. The number of piperidine rings is 1. The molecule has 2 rings (SSSR count). The molecule has 1 saturated heterocycles. The van der Waals surface area contributed by atoms with Crippen LogP contribution >= 0.6 is 0 Å². The molecule has 0 saturated carbocycles. The molecule has 0 spiro atoms. The number of non-ortho nitro benzene ring substituents is 1. The normalized spacial score (nSPS) is 18.2. The molecule has 1 fully saturated rings. The molecule has 0 bridgehead atoms. The molecule has 1 amide bonds. The first-order valence-corrected chi connectivity index (χ1v) is 8.37. The van der Waals surface area contributed by atoms with E-state index in [2.05, 4.69) is 17.1 Å². The molecule has 1 atom stereocenters.